The van der Waals surface area contributed by atoms with Crippen LogP contribution in [0.5, 0.6) is 0 Å². The molecule has 6 nitrogen and oxygen atoms in total. The SMILES string of the molecule is CCc1noc(-c2ccc(CCNC(=NC)NCC(C)c3ccsc3)cc2)n1. The van der Waals surface area contributed by atoms with Gasteiger partial charge in [-0.25, -0.2) is 0 Å². The van der Waals surface area contributed by atoms with E-state index in [2.05, 4.69) is 61.6 Å². The van der Waals surface area contributed by atoms with Crippen LogP contribution in [0.4, 0.5) is 0 Å². The third-order valence-electron chi connectivity index (χ3n) is 4.60. The zero-order valence-electron chi connectivity index (χ0n) is 16.6. The molecule has 1 aromatic carbocycles. The summed E-state index contributed by atoms with van der Waals surface area (Å²) in [4.78, 5) is 8.67. The van der Waals surface area contributed by atoms with Crippen LogP contribution in [-0.2, 0) is 12.8 Å². The molecule has 28 heavy (non-hydrogen) atoms. The van der Waals surface area contributed by atoms with Crippen LogP contribution in [0.1, 0.15) is 36.7 Å². The summed E-state index contributed by atoms with van der Waals surface area (Å²) in [6.07, 6.45) is 1.68. The van der Waals surface area contributed by atoms with Gasteiger partial charge in [0.2, 0.25) is 0 Å². The van der Waals surface area contributed by atoms with Crippen LogP contribution >= 0.6 is 11.3 Å². The van der Waals surface area contributed by atoms with Crippen LogP contribution in [0.25, 0.3) is 11.5 Å². The Hall–Kier alpha value is -2.67. The first kappa shape index (κ1) is 20.1. The lowest BCUT2D eigenvalue weighted by Crippen LogP contribution is -2.39. The maximum Gasteiger partial charge on any atom is 0.257 e. The van der Waals surface area contributed by atoms with Crippen LogP contribution in [0.3, 0.4) is 0 Å². The lowest BCUT2D eigenvalue weighted by atomic mass is 10.1. The number of hydrogen-bond donors (Lipinski definition) is 2. The summed E-state index contributed by atoms with van der Waals surface area (Å²) in [7, 11) is 1.80. The Labute approximate surface area is 170 Å². The zero-order chi connectivity index (χ0) is 19.8. The molecule has 2 N–H and O–H groups in total. The van der Waals surface area contributed by atoms with Gasteiger partial charge in [-0.2, -0.15) is 16.3 Å². The van der Waals surface area contributed by atoms with Gasteiger partial charge < -0.3 is 15.2 Å². The molecule has 3 rings (SSSR count). The fraction of sp³-hybridized carbons (Fsp3) is 0.381. The molecule has 0 aliphatic carbocycles. The fourth-order valence-electron chi connectivity index (χ4n) is 2.80. The lowest BCUT2D eigenvalue weighted by Gasteiger charge is -2.15. The van der Waals surface area contributed by atoms with Crippen molar-refractivity contribution in [1.29, 1.82) is 0 Å². The molecular weight excluding hydrogens is 370 g/mol. The standard InChI is InChI=1S/C21H27N5OS/c1-4-19-25-20(27-26-19)17-7-5-16(6-8-17)9-11-23-21(22-3)24-13-15(2)18-10-12-28-14-18/h5-8,10,12,14-15H,4,9,11,13H2,1-3H3,(H2,22,23,24). The molecule has 0 saturated carbocycles. The molecule has 7 heteroatoms. The highest BCUT2D eigenvalue weighted by Crippen LogP contribution is 2.18. The second-order valence-corrected chi connectivity index (χ2v) is 7.43. The Kier molecular flexibility index (Phi) is 7.19. The first-order chi connectivity index (χ1) is 13.7. The van der Waals surface area contributed by atoms with Crippen LogP contribution in [0, 0.1) is 0 Å². The quantitative estimate of drug-likeness (QED) is 0.446. The van der Waals surface area contributed by atoms with Gasteiger partial charge in [-0.05, 0) is 52.4 Å². The highest BCUT2D eigenvalue weighted by Gasteiger charge is 2.08. The van der Waals surface area contributed by atoms with Crippen molar-refractivity contribution in [3.63, 3.8) is 0 Å². The molecule has 2 aromatic heterocycles. The van der Waals surface area contributed by atoms with Gasteiger partial charge in [0.15, 0.2) is 11.8 Å². The van der Waals surface area contributed by atoms with E-state index in [1.807, 2.05) is 19.1 Å². The van der Waals surface area contributed by atoms with Crippen LogP contribution in [0.2, 0.25) is 0 Å². The largest absolute Gasteiger partial charge is 0.356 e. The molecule has 0 saturated heterocycles. The van der Waals surface area contributed by atoms with Crippen LogP contribution in [0.15, 0.2) is 50.6 Å². The fourth-order valence-corrected chi connectivity index (χ4v) is 3.58. The smallest absolute Gasteiger partial charge is 0.257 e. The first-order valence-corrected chi connectivity index (χ1v) is 10.5. The highest BCUT2D eigenvalue weighted by molar-refractivity contribution is 7.07. The molecule has 1 atom stereocenters. The number of nitrogens with zero attached hydrogens (tertiary/aromatic N) is 3. The second kappa shape index (κ2) is 10.0. The van der Waals surface area contributed by atoms with Crippen LogP contribution < -0.4 is 10.6 Å². The summed E-state index contributed by atoms with van der Waals surface area (Å²) in [5, 5.41) is 15.0. The van der Waals surface area contributed by atoms with Gasteiger partial charge in [-0.3, -0.25) is 4.99 Å². The number of nitrogens with one attached hydrogen (secondary N) is 2. The number of guanidine groups is 1. The molecule has 148 valence electrons. The monoisotopic (exact) mass is 397 g/mol. The van der Waals surface area contributed by atoms with Gasteiger partial charge in [0, 0.05) is 32.1 Å². The van der Waals surface area contributed by atoms with E-state index in [0.29, 0.717) is 11.8 Å². The molecule has 3 aromatic rings. The number of thiophene rings is 1. The van der Waals surface area contributed by atoms with Gasteiger partial charge in [0.25, 0.3) is 5.89 Å². The van der Waals surface area contributed by atoms with E-state index in [9.17, 15) is 0 Å². The Morgan fingerprint density at radius 3 is 2.68 bits per heavy atom. The van der Waals surface area contributed by atoms with Crippen molar-refractivity contribution in [1.82, 2.24) is 20.8 Å². The van der Waals surface area contributed by atoms with Crippen molar-refractivity contribution >= 4 is 17.3 Å². The molecule has 0 amide bonds. The van der Waals surface area contributed by atoms with Gasteiger partial charge in [0.1, 0.15) is 0 Å². The summed E-state index contributed by atoms with van der Waals surface area (Å²) in [6.45, 7) is 5.90. The third kappa shape index (κ3) is 5.42. The van der Waals surface area contributed by atoms with Gasteiger partial charge in [0.05, 0.1) is 0 Å². The molecule has 0 aliphatic heterocycles. The summed E-state index contributed by atoms with van der Waals surface area (Å²) in [5.74, 6) is 2.59. The number of aromatic nitrogens is 2. The zero-order valence-corrected chi connectivity index (χ0v) is 17.4. The average Bonchev–Trinajstić information content (AvgIpc) is 3.43. The number of aliphatic imine (C=N–C) groups is 1. The van der Waals surface area contributed by atoms with Gasteiger partial charge >= 0.3 is 0 Å². The number of rotatable bonds is 8. The Morgan fingerprint density at radius 1 is 1.21 bits per heavy atom. The Balaban J connectivity index is 1.44. The molecule has 0 bridgehead atoms. The molecule has 0 aliphatic rings. The Bertz CT molecular complexity index is 871. The molecule has 0 fully saturated rings. The van der Waals surface area contributed by atoms with Crippen molar-refractivity contribution < 1.29 is 4.52 Å². The summed E-state index contributed by atoms with van der Waals surface area (Å²) in [5.41, 5.74) is 3.55. The van der Waals surface area contributed by atoms with E-state index in [4.69, 9.17) is 4.52 Å². The minimum atomic E-state index is 0.454. The first-order valence-electron chi connectivity index (χ1n) is 9.58. The normalized spacial score (nSPS) is 12.8. The van der Waals surface area contributed by atoms with Crippen molar-refractivity contribution in [2.24, 2.45) is 4.99 Å². The minimum Gasteiger partial charge on any atom is -0.356 e. The maximum absolute atomic E-state index is 5.28. The Morgan fingerprint density at radius 2 is 2.04 bits per heavy atom. The topological polar surface area (TPSA) is 75.3 Å². The van der Waals surface area contributed by atoms with Crippen molar-refractivity contribution in [3.8, 4) is 11.5 Å². The van der Waals surface area contributed by atoms with Crippen molar-refractivity contribution in [2.75, 3.05) is 20.1 Å². The minimum absolute atomic E-state index is 0.454. The van der Waals surface area contributed by atoms with Crippen molar-refractivity contribution in [3.05, 3.63) is 58.0 Å². The van der Waals surface area contributed by atoms with E-state index in [-0.39, 0.29) is 0 Å². The molecule has 0 spiro atoms. The average molecular weight is 398 g/mol. The highest BCUT2D eigenvalue weighted by atomic mass is 32.1. The molecule has 0 radical (unpaired) electrons. The van der Waals surface area contributed by atoms with Crippen molar-refractivity contribution in [2.45, 2.75) is 32.6 Å². The number of hydrogen-bond acceptors (Lipinski definition) is 5. The molecule has 1 unspecified atom stereocenters. The van der Waals surface area contributed by atoms with E-state index in [1.54, 1.807) is 18.4 Å². The number of benzene rings is 1. The summed E-state index contributed by atoms with van der Waals surface area (Å²) >= 11 is 1.73. The van der Waals surface area contributed by atoms with E-state index < -0.39 is 0 Å². The second-order valence-electron chi connectivity index (χ2n) is 6.65. The predicted molar refractivity (Wildman–Crippen MR) is 115 cm³/mol. The maximum atomic E-state index is 5.28. The van der Waals surface area contributed by atoms with E-state index in [0.717, 1.165) is 43.3 Å². The number of aryl methyl sites for hydroxylation is 1. The lowest BCUT2D eigenvalue weighted by molar-refractivity contribution is 0.423. The third-order valence-corrected chi connectivity index (χ3v) is 5.30. The van der Waals surface area contributed by atoms with E-state index >= 15 is 0 Å². The van der Waals surface area contributed by atoms with E-state index in [1.165, 1.54) is 11.1 Å². The van der Waals surface area contributed by atoms with Gasteiger partial charge in [-0.1, -0.05) is 31.1 Å². The predicted octanol–water partition coefficient (Wildman–Crippen LogP) is 3.87. The summed E-state index contributed by atoms with van der Waals surface area (Å²) in [6, 6.07) is 10.4. The molecule has 2 heterocycles. The molecular formula is C21H27N5OS. The summed E-state index contributed by atoms with van der Waals surface area (Å²) < 4.78 is 5.28. The van der Waals surface area contributed by atoms with Gasteiger partial charge in [-0.15, -0.1) is 0 Å². The van der Waals surface area contributed by atoms with Crippen LogP contribution in [-0.4, -0.2) is 36.2 Å².